The van der Waals surface area contributed by atoms with E-state index in [2.05, 4.69) is 133 Å². The van der Waals surface area contributed by atoms with E-state index >= 15 is 0 Å². The molecular weight excluding hydrogens is 540 g/mol. The summed E-state index contributed by atoms with van der Waals surface area (Å²) in [4.78, 5) is 21.4. The lowest BCUT2D eigenvalue weighted by molar-refractivity contribution is 0.394. The highest BCUT2D eigenvalue weighted by Gasteiger charge is 2.10. The molecule has 0 bridgehead atoms. The van der Waals surface area contributed by atoms with Gasteiger partial charge in [-0.05, 0) is 126 Å². The maximum absolute atomic E-state index is 4.95. The van der Waals surface area contributed by atoms with E-state index in [-0.39, 0.29) is 0 Å². The number of H-pyrrole nitrogens is 2. The van der Waals surface area contributed by atoms with Crippen molar-refractivity contribution in [1.82, 2.24) is 29.7 Å². The Morgan fingerprint density at radius 3 is 1.25 bits per heavy atom. The molecule has 6 nitrogen and oxygen atoms in total. The van der Waals surface area contributed by atoms with Crippen LogP contribution >= 0.6 is 0 Å². The zero-order chi connectivity index (χ0) is 30.5. The number of aromatic nitrogens is 4. The van der Waals surface area contributed by atoms with Crippen molar-refractivity contribution in [2.75, 3.05) is 41.3 Å². The van der Waals surface area contributed by atoms with Crippen LogP contribution in [-0.4, -0.2) is 71.0 Å². The monoisotopic (exact) mass is 584 g/mol. The quantitative estimate of drug-likeness (QED) is 0.134. The van der Waals surface area contributed by atoms with Crippen LogP contribution < -0.4 is 0 Å². The number of hydrogen-bond acceptors (Lipinski definition) is 4. The largest absolute Gasteiger partial charge is 0.338 e. The molecule has 44 heavy (non-hydrogen) atoms. The van der Waals surface area contributed by atoms with Gasteiger partial charge >= 0.3 is 0 Å². The minimum absolute atomic E-state index is 0.906. The summed E-state index contributed by atoms with van der Waals surface area (Å²) >= 11 is 0. The van der Waals surface area contributed by atoms with Gasteiger partial charge in [-0.3, -0.25) is 0 Å². The molecule has 0 spiro atoms. The molecule has 6 heteroatoms. The maximum Gasteiger partial charge on any atom is 0.138 e. The van der Waals surface area contributed by atoms with E-state index in [4.69, 9.17) is 9.97 Å². The van der Waals surface area contributed by atoms with E-state index in [0.29, 0.717) is 0 Å². The molecule has 4 aromatic carbocycles. The van der Waals surface area contributed by atoms with Crippen molar-refractivity contribution in [2.45, 2.75) is 38.5 Å². The molecule has 0 aliphatic heterocycles. The number of nitrogens with one attached hydrogen (secondary N) is 2. The molecule has 226 valence electrons. The molecule has 0 amide bonds. The van der Waals surface area contributed by atoms with Gasteiger partial charge in [0.1, 0.15) is 11.6 Å². The Morgan fingerprint density at radius 1 is 0.477 bits per heavy atom. The third-order valence-corrected chi connectivity index (χ3v) is 8.40. The van der Waals surface area contributed by atoms with Crippen molar-refractivity contribution >= 4 is 22.1 Å². The summed E-state index contributed by atoms with van der Waals surface area (Å²) in [6.07, 6.45) is 7.09. The van der Waals surface area contributed by atoms with Gasteiger partial charge in [0.15, 0.2) is 0 Å². The Morgan fingerprint density at radius 2 is 0.864 bits per heavy atom. The van der Waals surface area contributed by atoms with Gasteiger partial charge < -0.3 is 19.8 Å². The molecule has 2 aromatic heterocycles. The van der Waals surface area contributed by atoms with Gasteiger partial charge in [0.2, 0.25) is 0 Å². The smallest absolute Gasteiger partial charge is 0.138 e. The molecule has 0 aliphatic rings. The predicted molar refractivity (Wildman–Crippen MR) is 185 cm³/mol. The first-order chi connectivity index (χ1) is 21.4. The Balaban J connectivity index is 1.14. The van der Waals surface area contributed by atoms with Crippen LogP contribution in [0.2, 0.25) is 0 Å². The first kappa shape index (κ1) is 29.8. The molecular formula is C38H44N6. The van der Waals surface area contributed by atoms with Crippen molar-refractivity contribution in [2.24, 2.45) is 0 Å². The van der Waals surface area contributed by atoms with Crippen molar-refractivity contribution < 1.29 is 0 Å². The van der Waals surface area contributed by atoms with Crippen LogP contribution in [0.4, 0.5) is 0 Å². The number of aryl methyl sites for hydroxylation is 2. The van der Waals surface area contributed by atoms with Crippen molar-refractivity contribution in [1.29, 1.82) is 0 Å². The number of fused-ring (bicyclic) bond motifs is 2. The van der Waals surface area contributed by atoms with Crippen LogP contribution in [0.25, 0.3) is 56.0 Å². The van der Waals surface area contributed by atoms with Crippen LogP contribution in [-0.2, 0) is 12.8 Å². The fourth-order valence-electron chi connectivity index (χ4n) is 5.82. The molecule has 6 rings (SSSR count). The average molecular weight is 585 g/mol. The third kappa shape index (κ3) is 7.26. The number of imidazole rings is 2. The molecule has 2 N–H and O–H groups in total. The number of hydrogen-bond donors (Lipinski definition) is 2. The molecule has 2 heterocycles. The second kappa shape index (κ2) is 13.6. The molecule has 0 saturated heterocycles. The first-order valence-electron chi connectivity index (χ1n) is 15.9. The van der Waals surface area contributed by atoms with Crippen molar-refractivity contribution in [3.63, 3.8) is 0 Å². The van der Waals surface area contributed by atoms with Gasteiger partial charge in [0.05, 0.1) is 22.1 Å². The van der Waals surface area contributed by atoms with E-state index in [1.54, 1.807) is 0 Å². The highest BCUT2D eigenvalue weighted by Crippen LogP contribution is 2.29. The highest BCUT2D eigenvalue weighted by molar-refractivity contribution is 5.88. The molecule has 0 saturated carbocycles. The molecule has 0 radical (unpaired) electrons. The van der Waals surface area contributed by atoms with Gasteiger partial charge in [-0.25, -0.2) is 9.97 Å². The molecule has 0 unspecified atom stereocenters. The summed E-state index contributed by atoms with van der Waals surface area (Å²) in [6.45, 7) is 2.28. The number of aromatic amines is 2. The Hall–Kier alpha value is -4.26. The van der Waals surface area contributed by atoms with E-state index in [0.717, 1.165) is 81.9 Å². The van der Waals surface area contributed by atoms with Crippen LogP contribution in [0.3, 0.4) is 0 Å². The highest BCUT2D eigenvalue weighted by atomic mass is 15.0. The number of nitrogens with zero attached hydrogens (tertiary/aromatic N) is 4. The van der Waals surface area contributed by atoms with Crippen LogP contribution in [0.15, 0.2) is 84.9 Å². The minimum Gasteiger partial charge on any atom is -0.338 e. The van der Waals surface area contributed by atoms with Gasteiger partial charge in [0.25, 0.3) is 0 Å². The minimum atomic E-state index is 0.906. The van der Waals surface area contributed by atoms with Crippen LogP contribution in [0.1, 0.15) is 36.8 Å². The second-order valence-electron chi connectivity index (χ2n) is 12.5. The average Bonchev–Trinajstić information content (AvgIpc) is 3.66. The SMILES string of the molecule is CN(C)CCCCc1ccc(-c2nc3cc(-c4ccc5[nH]c(-c6ccc(CCCCN(C)C)cc6)nc5c4)ccc3[nH]2)cc1. The number of unbranched alkanes of at least 4 members (excludes halogenated alkanes) is 2. The summed E-state index contributed by atoms with van der Waals surface area (Å²) in [5, 5.41) is 0. The van der Waals surface area contributed by atoms with Crippen molar-refractivity contribution in [3.8, 4) is 33.9 Å². The van der Waals surface area contributed by atoms with Crippen LogP contribution in [0.5, 0.6) is 0 Å². The summed E-state index contributed by atoms with van der Waals surface area (Å²) in [6, 6.07) is 30.6. The van der Waals surface area contributed by atoms with Gasteiger partial charge in [-0.1, -0.05) is 60.7 Å². The van der Waals surface area contributed by atoms with Crippen LogP contribution in [0, 0.1) is 0 Å². The van der Waals surface area contributed by atoms with E-state index in [1.807, 2.05) is 0 Å². The van der Waals surface area contributed by atoms with E-state index < -0.39 is 0 Å². The topological polar surface area (TPSA) is 63.8 Å². The maximum atomic E-state index is 4.95. The zero-order valence-electron chi connectivity index (χ0n) is 26.5. The van der Waals surface area contributed by atoms with Gasteiger partial charge in [-0.15, -0.1) is 0 Å². The van der Waals surface area contributed by atoms with E-state index in [1.165, 1.54) is 36.8 Å². The molecule has 0 fully saturated rings. The fraction of sp³-hybridized carbons (Fsp3) is 0.316. The van der Waals surface area contributed by atoms with Gasteiger partial charge in [0, 0.05) is 11.1 Å². The first-order valence-corrected chi connectivity index (χ1v) is 15.9. The lowest BCUT2D eigenvalue weighted by Crippen LogP contribution is -2.12. The summed E-state index contributed by atoms with van der Waals surface area (Å²) < 4.78 is 0. The zero-order valence-corrected chi connectivity index (χ0v) is 26.5. The third-order valence-electron chi connectivity index (χ3n) is 8.40. The molecule has 0 atom stereocenters. The molecule has 0 aliphatic carbocycles. The van der Waals surface area contributed by atoms with Crippen molar-refractivity contribution in [3.05, 3.63) is 96.1 Å². The summed E-state index contributed by atoms with van der Waals surface area (Å²) in [5.41, 5.74) is 11.3. The second-order valence-corrected chi connectivity index (χ2v) is 12.5. The fourth-order valence-corrected chi connectivity index (χ4v) is 5.82. The lowest BCUT2D eigenvalue weighted by atomic mass is 10.0. The predicted octanol–water partition coefficient (Wildman–Crippen LogP) is 8.21. The Bertz CT molecular complexity index is 1670. The number of rotatable bonds is 13. The standard InChI is InChI=1S/C38H44N6/c1-43(2)23-7-5-9-27-11-15-29(16-12-27)37-39-33-21-19-31(25-35(33)41-37)32-20-22-34-36(26-32)42-38(40-34)30-17-13-28(14-18-30)10-6-8-24-44(3)4/h11-22,25-26H,5-10,23-24H2,1-4H3,(H,39,41)(H,40,42). The number of benzene rings is 4. The summed E-state index contributed by atoms with van der Waals surface area (Å²) in [7, 11) is 8.53. The normalized spacial score (nSPS) is 11.9. The molecule has 6 aromatic rings. The van der Waals surface area contributed by atoms with E-state index in [9.17, 15) is 0 Å². The Kier molecular flexibility index (Phi) is 9.20. The lowest BCUT2D eigenvalue weighted by Gasteiger charge is -2.08. The van der Waals surface area contributed by atoms with Gasteiger partial charge in [-0.2, -0.15) is 0 Å². The summed E-state index contributed by atoms with van der Waals surface area (Å²) in [5.74, 6) is 1.81. The Labute approximate surface area is 261 Å².